The number of nitrogens with one attached hydrogen (secondary N) is 1. The molecule has 6 rings (SSSR count). The molecule has 0 aliphatic carbocycles. The SMILES string of the molecule is C[C@H](NC(=O)c1c(N)nc2cccnn12)c1cc2cccc(C#Cc3cnn(C)c3)c2c(=O)n1-c1ccccc1. The standard InChI is InChI=1S/C30H24N8O2/c1-19(34-29(39)27-28(31)35-25-12-7-15-32-38(25)27)24-16-22-9-6-8-21(14-13-20-17-33-36(2)18-20)26(22)30(40)37(24)23-10-4-3-5-11-23/h3-12,15-19H,31H2,1-2H3,(H,34,39)/t19-/m0/s1. The third-order valence-electron chi connectivity index (χ3n) is 6.56. The number of benzene rings is 2. The van der Waals surface area contributed by atoms with Gasteiger partial charge in [-0.25, -0.2) is 9.50 Å². The first kappa shape index (κ1) is 24.6. The van der Waals surface area contributed by atoms with Gasteiger partial charge >= 0.3 is 0 Å². The summed E-state index contributed by atoms with van der Waals surface area (Å²) in [5, 5.41) is 12.5. The van der Waals surface area contributed by atoms with E-state index in [0.29, 0.717) is 33.4 Å². The molecule has 0 aliphatic rings. The molecule has 2 aromatic carbocycles. The zero-order chi connectivity index (χ0) is 27.8. The molecule has 0 spiro atoms. The molecule has 0 saturated carbocycles. The minimum Gasteiger partial charge on any atom is -0.382 e. The van der Waals surface area contributed by atoms with Crippen LogP contribution in [0.3, 0.4) is 0 Å². The van der Waals surface area contributed by atoms with E-state index in [0.717, 1.165) is 5.56 Å². The van der Waals surface area contributed by atoms with Crippen LogP contribution in [0.25, 0.3) is 22.1 Å². The molecule has 0 saturated heterocycles. The minimum absolute atomic E-state index is 0.0687. The van der Waals surface area contributed by atoms with Crippen molar-refractivity contribution in [2.24, 2.45) is 7.05 Å². The molecule has 0 radical (unpaired) electrons. The highest BCUT2D eigenvalue weighted by Crippen LogP contribution is 2.24. The van der Waals surface area contributed by atoms with Crippen LogP contribution in [-0.2, 0) is 7.05 Å². The summed E-state index contributed by atoms with van der Waals surface area (Å²) >= 11 is 0. The molecule has 10 heteroatoms. The summed E-state index contributed by atoms with van der Waals surface area (Å²) in [5.41, 5.74) is 9.02. The van der Waals surface area contributed by atoms with Crippen LogP contribution in [-0.4, -0.2) is 34.9 Å². The highest BCUT2D eigenvalue weighted by molar-refractivity contribution is 5.98. The number of carbonyl (C=O) groups excluding carboxylic acids is 1. The number of nitrogens with zero attached hydrogens (tertiary/aromatic N) is 6. The van der Waals surface area contributed by atoms with Crippen molar-refractivity contribution in [1.82, 2.24) is 34.3 Å². The number of rotatable bonds is 4. The molecule has 196 valence electrons. The Bertz CT molecular complexity index is 2030. The van der Waals surface area contributed by atoms with Crippen LogP contribution in [0.4, 0.5) is 5.82 Å². The lowest BCUT2D eigenvalue weighted by Crippen LogP contribution is -2.33. The number of fused-ring (bicyclic) bond motifs is 2. The zero-order valence-electron chi connectivity index (χ0n) is 21.7. The predicted octanol–water partition coefficient (Wildman–Crippen LogP) is 3.24. The molecular formula is C30H24N8O2. The third-order valence-corrected chi connectivity index (χ3v) is 6.56. The van der Waals surface area contributed by atoms with Gasteiger partial charge in [0.2, 0.25) is 0 Å². The van der Waals surface area contributed by atoms with Crippen LogP contribution in [0.5, 0.6) is 0 Å². The predicted molar refractivity (Wildman–Crippen MR) is 152 cm³/mol. The van der Waals surface area contributed by atoms with Gasteiger partial charge in [0.25, 0.3) is 11.5 Å². The van der Waals surface area contributed by atoms with Crippen molar-refractivity contribution < 1.29 is 4.79 Å². The van der Waals surface area contributed by atoms with Crippen LogP contribution < -0.4 is 16.6 Å². The Kier molecular flexibility index (Phi) is 6.09. The van der Waals surface area contributed by atoms with Gasteiger partial charge in [-0.2, -0.15) is 10.2 Å². The number of nitrogens with two attached hydrogens (primary N) is 1. The van der Waals surface area contributed by atoms with Gasteiger partial charge in [-0.15, -0.1) is 0 Å². The fourth-order valence-electron chi connectivity index (χ4n) is 4.73. The van der Waals surface area contributed by atoms with E-state index in [4.69, 9.17) is 5.73 Å². The van der Waals surface area contributed by atoms with E-state index in [9.17, 15) is 9.59 Å². The molecule has 1 amide bonds. The summed E-state index contributed by atoms with van der Waals surface area (Å²) in [6.07, 6.45) is 5.04. The van der Waals surface area contributed by atoms with Crippen LogP contribution in [0, 0.1) is 11.8 Å². The second kappa shape index (κ2) is 9.89. The van der Waals surface area contributed by atoms with Crippen molar-refractivity contribution in [2.45, 2.75) is 13.0 Å². The number of para-hydroxylation sites is 1. The van der Waals surface area contributed by atoms with E-state index in [1.54, 1.807) is 33.8 Å². The maximum absolute atomic E-state index is 14.2. The molecule has 0 aliphatic heterocycles. The van der Waals surface area contributed by atoms with Crippen molar-refractivity contribution >= 4 is 28.1 Å². The fraction of sp³-hybridized carbons (Fsp3) is 0.100. The number of pyridine rings is 1. The molecule has 3 N–H and O–H groups in total. The molecule has 10 nitrogen and oxygen atoms in total. The van der Waals surface area contributed by atoms with E-state index < -0.39 is 11.9 Å². The van der Waals surface area contributed by atoms with Gasteiger partial charge in [0.05, 0.1) is 23.2 Å². The number of aryl methyl sites for hydroxylation is 1. The van der Waals surface area contributed by atoms with Crippen LogP contribution >= 0.6 is 0 Å². The second-order valence-corrected chi connectivity index (χ2v) is 9.30. The molecule has 4 heterocycles. The molecule has 4 aromatic heterocycles. The zero-order valence-corrected chi connectivity index (χ0v) is 21.7. The summed E-state index contributed by atoms with van der Waals surface area (Å²) in [7, 11) is 1.82. The number of aromatic nitrogens is 6. The third kappa shape index (κ3) is 4.35. The highest BCUT2D eigenvalue weighted by atomic mass is 16.2. The molecular weight excluding hydrogens is 504 g/mol. The number of imidazole rings is 1. The molecule has 0 unspecified atom stereocenters. The normalized spacial score (nSPS) is 11.8. The average Bonchev–Trinajstić information content (AvgIpc) is 3.53. The van der Waals surface area contributed by atoms with E-state index in [-0.39, 0.29) is 17.1 Å². The Morgan fingerprint density at radius 3 is 2.62 bits per heavy atom. The van der Waals surface area contributed by atoms with Crippen molar-refractivity contribution in [3.8, 4) is 17.5 Å². The molecule has 0 bridgehead atoms. The first-order valence-electron chi connectivity index (χ1n) is 12.6. The van der Waals surface area contributed by atoms with Gasteiger partial charge in [0.1, 0.15) is 0 Å². The van der Waals surface area contributed by atoms with Crippen molar-refractivity contribution in [3.63, 3.8) is 0 Å². The van der Waals surface area contributed by atoms with E-state index in [1.807, 2.05) is 74.8 Å². The van der Waals surface area contributed by atoms with E-state index in [2.05, 4.69) is 32.3 Å². The monoisotopic (exact) mass is 528 g/mol. The van der Waals surface area contributed by atoms with Crippen molar-refractivity contribution in [2.75, 3.05) is 5.73 Å². The topological polar surface area (TPSA) is 125 Å². The number of anilines is 1. The fourth-order valence-corrected chi connectivity index (χ4v) is 4.73. The minimum atomic E-state index is -0.580. The maximum atomic E-state index is 14.2. The van der Waals surface area contributed by atoms with Crippen LogP contribution in [0.1, 0.15) is 40.3 Å². The van der Waals surface area contributed by atoms with Crippen LogP contribution in [0.15, 0.2) is 90.1 Å². The van der Waals surface area contributed by atoms with Gasteiger partial charge in [-0.1, -0.05) is 42.2 Å². The van der Waals surface area contributed by atoms with Gasteiger partial charge in [0.15, 0.2) is 17.2 Å². The average molecular weight is 529 g/mol. The van der Waals surface area contributed by atoms with E-state index in [1.165, 1.54) is 4.52 Å². The Morgan fingerprint density at radius 2 is 1.85 bits per heavy atom. The molecule has 40 heavy (non-hydrogen) atoms. The van der Waals surface area contributed by atoms with Gasteiger partial charge in [0, 0.05) is 36.4 Å². The number of nitrogen functional groups attached to an aromatic ring is 1. The van der Waals surface area contributed by atoms with Crippen molar-refractivity contribution in [1.29, 1.82) is 0 Å². The van der Waals surface area contributed by atoms with E-state index >= 15 is 0 Å². The molecule has 0 fully saturated rings. The first-order chi connectivity index (χ1) is 19.4. The first-order valence-corrected chi connectivity index (χ1v) is 12.6. The smallest absolute Gasteiger partial charge is 0.274 e. The summed E-state index contributed by atoms with van der Waals surface area (Å²) in [6, 6.07) is 19.6. The molecule has 6 aromatic rings. The number of hydrogen-bond acceptors (Lipinski definition) is 6. The lowest BCUT2D eigenvalue weighted by Gasteiger charge is -2.21. The lowest BCUT2D eigenvalue weighted by molar-refractivity contribution is 0.0932. The molecule has 1 atom stereocenters. The number of hydrogen-bond donors (Lipinski definition) is 2. The van der Waals surface area contributed by atoms with Crippen molar-refractivity contribution in [3.05, 3.63) is 118 Å². The summed E-state index contributed by atoms with van der Waals surface area (Å²) in [4.78, 5) is 31.8. The number of carbonyl (C=O) groups is 1. The Morgan fingerprint density at radius 1 is 1.02 bits per heavy atom. The lowest BCUT2D eigenvalue weighted by atomic mass is 10.0. The quantitative estimate of drug-likeness (QED) is 0.339. The summed E-state index contributed by atoms with van der Waals surface area (Å²) in [6.45, 7) is 1.82. The Hall–Kier alpha value is -5.69. The summed E-state index contributed by atoms with van der Waals surface area (Å²) in [5.74, 6) is 5.85. The Labute approximate surface area is 228 Å². The Balaban J connectivity index is 1.48. The number of amides is 1. The maximum Gasteiger partial charge on any atom is 0.274 e. The largest absolute Gasteiger partial charge is 0.382 e. The van der Waals surface area contributed by atoms with Gasteiger partial charge in [-0.05, 0) is 48.7 Å². The van der Waals surface area contributed by atoms with Crippen LogP contribution in [0.2, 0.25) is 0 Å². The van der Waals surface area contributed by atoms with Gasteiger partial charge < -0.3 is 11.1 Å². The highest BCUT2D eigenvalue weighted by Gasteiger charge is 2.23. The summed E-state index contributed by atoms with van der Waals surface area (Å²) < 4.78 is 4.68. The second-order valence-electron chi connectivity index (χ2n) is 9.30. The van der Waals surface area contributed by atoms with Gasteiger partial charge in [-0.3, -0.25) is 18.8 Å².